The Bertz CT molecular complexity index is 659. The maximum absolute atomic E-state index is 12.4. The van der Waals surface area contributed by atoms with Crippen LogP contribution in [0.1, 0.15) is 33.3 Å². The summed E-state index contributed by atoms with van der Waals surface area (Å²) < 4.78 is 0.797. The van der Waals surface area contributed by atoms with Crippen molar-refractivity contribution in [1.82, 2.24) is 15.1 Å². The Morgan fingerprint density at radius 1 is 1.17 bits per heavy atom. The molecule has 0 radical (unpaired) electrons. The van der Waals surface area contributed by atoms with Crippen LogP contribution in [-0.2, 0) is 4.79 Å². The molecule has 0 spiro atoms. The molecule has 2 aromatic rings. The SMILES string of the molecule is Cc1ccc(Nc2nnc(SCC(=O)N(C(C)C)C(C)C)s2)cc1. The van der Waals surface area contributed by atoms with Crippen LogP contribution in [0.3, 0.4) is 0 Å². The molecule has 2 rings (SSSR count). The summed E-state index contributed by atoms with van der Waals surface area (Å²) in [5.41, 5.74) is 2.20. The van der Waals surface area contributed by atoms with E-state index in [2.05, 4.69) is 22.4 Å². The zero-order valence-electron chi connectivity index (χ0n) is 14.7. The summed E-state index contributed by atoms with van der Waals surface area (Å²) in [6, 6.07) is 8.51. The molecule has 7 heteroatoms. The van der Waals surface area contributed by atoms with Crippen LogP contribution in [0.15, 0.2) is 28.6 Å². The molecular formula is C17H24N4OS2. The van der Waals surface area contributed by atoms with Gasteiger partial charge < -0.3 is 10.2 Å². The standard InChI is InChI=1S/C17H24N4OS2/c1-11(2)21(12(3)4)15(22)10-23-17-20-19-16(24-17)18-14-8-6-13(5)7-9-14/h6-9,11-12H,10H2,1-5H3,(H,18,19). The van der Waals surface area contributed by atoms with Crippen LogP contribution in [0.5, 0.6) is 0 Å². The van der Waals surface area contributed by atoms with Crippen LogP contribution >= 0.6 is 23.1 Å². The van der Waals surface area contributed by atoms with Crippen LogP contribution in [0.4, 0.5) is 10.8 Å². The van der Waals surface area contributed by atoms with E-state index in [1.165, 1.54) is 28.7 Å². The van der Waals surface area contributed by atoms with Crippen LogP contribution in [0, 0.1) is 6.92 Å². The molecule has 24 heavy (non-hydrogen) atoms. The number of rotatable bonds is 7. The number of thioether (sulfide) groups is 1. The van der Waals surface area contributed by atoms with Gasteiger partial charge in [0.1, 0.15) is 0 Å². The number of nitrogens with one attached hydrogen (secondary N) is 1. The van der Waals surface area contributed by atoms with Gasteiger partial charge in [0.2, 0.25) is 11.0 Å². The number of aryl methyl sites for hydroxylation is 1. The Morgan fingerprint density at radius 3 is 2.38 bits per heavy atom. The zero-order chi connectivity index (χ0) is 17.7. The number of anilines is 2. The van der Waals surface area contributed by atoms with Crippen LogP contribution in [0.25, 0.3) is 0 Å². The number of nitrogens with zero attached hydrogens (tertiary/aromatic N) is 3. The van der Waals surface area contributed by atoms with Gasteiger partial charge in [-0.25, -0.2) is 0 Å². The molecule has 0 atom stereocenters. The first-order valence-electron chi connectivity index (χ1n) is 7.98. The summed E-state index contributed by atoms with van der Waals surface area (Å²) in [6.07, 6.45) is 0. The molecule has 0 aliphatic heterocycles. The first kappa shape index (κ1) is 18.7. The number of hydrogen-bond donors (Lipinski definition) is 1. The van der Waals surface area contributed by atoms with Crippen molar-refractivity contribution in [3.8, 4) is 0 Å². The number of hydrogen-bond acceptors (Lipinski definition) is 6. The highest BCUT2D eigenvalue weighted by molar-refractivity contribution is 8.01. The number of aromatic nitrogens is 2. The van der Waals surface area contributed by atoms with Crippen molar-refractivity contribution >= 4 is 39.8 Å². The summed E-state index contributed by atoms with van der Waals surface area (Å²) >= 11 is 2.90. The molecule has 0 fully saturated rings. The van der Waals surface area contributed by atoms with Crippen molar-refractivity contribution < 1.29 is 4.79 Å². The lowest BCUT2D eigenvalue weighted by atomic mass is 10.2. The van der Waals surface area contributed by atoms with E-state index in [0.29, 0.717) is 5.75 Å². The quantitative estimate of drug-likeness (QED) is 0.741. The van der Waals surface area contributed by atoms with E-state index in [4.69, 9.17) is 0 Å². The smallest absolute Gasteiger partial charge is 0.233 e. The molecule has 0 aliphatic carbocycles. The van der Waals surface area contributed by atoms with E-state index in [1.807, 2.05) is 56.9 Å². The van der Waals surface area contributed by atoms with E-state index in [9.17, 15) is 4.79 Å². The molecule has 1 N–H and O–H groups in total. The molecule has 0 unspecified atom stereocenters. The first-order valence-corrected chi connectivity index (χ1v) is 9.78. The molecule has 0 bridgehead atoms. The third-order valence-corrected chi connectivity index (χ3v) is 5.39. The van der Waals surface area contributed by atoms with Gasteiger partial charge in [-0.3, -0.25) is 4.79 Å². The highest BCUT2D eigenvalue weighted by Gasteiger charge is 2.20. The van der Waals surface area contributed by atoms with Crippen molar-refractivity contribution in [3.63, 3.8) is 0 Å². The van der Waals surface area contributed by atoms with Gasteiger partial charge in [-0.05, 0) is 46.8 Å². The Balaban J connectivity index is 1.91. The predicted molar refractivity (Wildman–Crippen MR) is 102 cm³/mol. The van der Waals surface area contributed by atoms with Crippen molar-refractivity contribution in [2.24, 2.45) is 0 Å². The van der Waals surface area contributed by atoms with E-state index in [1.54, 1.807) is 0 Å². The van der Waals surface area contributed by atoms with Crippen LogP contribution in [0.2, 0.25) is 0 Å². The maximum atomic E-state index is 12.4. The van der Waals surface area contributed by atoms with E-state index in [-0.39, 0.29) is 18.0 Å². The van der Waals surface area contributed by atoms with Gasteiger partial charge in [0.05, 0.1) is 5.75 Å². The second kappa shape index (κ2) is 8.48. The molecule has 0 saturated carbocycles. The second-order valence-electron chi connectivity index (χ2n) is 6.14. The van der Waals surface area contributed by atoms with Crippen LogP contribution in [-0.4, -0.2) is 38.8 Å². The number of benzene rings is 1. The largest absolute Gasteiger partial charge is 0.337 e. The fraction of sp³-hybridized carbons (Fsp3) is 0.471. The third kappa shape index (κ3) is 5.21. The summed E-state index contributed by atoms with van der Waals surface area (Å²) in [7, 11) is 0. The molecule has 1 heterocycles. The Morgan fingerprint density at radius 2 is 1.79 bits per heavy atom. The molecule has 0 aliphatic rings. The molecule has 0 saturated heterocycles. The van der Waals surface area contributed by atoms with Gasteiger partial charge >= 0.3 is 0 Å². The second-order valence-corrected chi connectivity index (χ2v) is 8.34. The van der Waals surface area contributed by atoms with Gasteiger partial charge in [-0.2, -0.15) is 0 Å². The molecule has 1 aromatic heterocycles. The summed E-state index contributed by atoms with van der Waals surface area (Å²) in [4.78, 5) is 14.3. The molecule has 1 aromatic carbocycles. The minimum absolute atomic E-state index is 0.133. The first-order chi connectivity index (χ1) is 11.4. The Hall–Kier alpha value is -1.60. The summed E-state index contributed by atoms with van der Waals surface area (Å²) in [5.74, 6) is 0.517. The maximum Gasteiger partial charge on any atom is 0.233 e. The van der Waals surface area contributed by atoms with Crippen LogP contribution < -0.4 is 5.32 Å². The van der Waals surface area contributed by atoms with Gasteiger partial charge in [-0.1, -0.05) is 40.8 Å². The van der Waals surface area contributed by atoms with E-state index < -0.39 is 0 Å². The average molecular weight is 365 g/mol. The van der Waals surface area contributed by atoms with Gasteiger partial charge in [-0.15, -0.1) is 10.2 Å². The Kier molecular flexibility index (Phi) is 6.62. The van der Waals surface area contributed by atoms with E-state index in [0.717, 1.165) is 15.2 Å². The van der Waals surface area contributed by atoms with Gasteiger partial charge in [0.25, 0.3) is 0 Å². The average Bonchev–Trinajstić information content (AvgIpc) is 2.94. The minimum atomic E-state index is 0.133. The minimum Gasteiger partial charge on any atom is -0.337 e. The fourth-order valence-corrected chi connectivity index (χ4v) is 4.09. The highest BCUT2D eigenvalue weighted by atomic mass is 32.2. The highest BCUT2D eigenvalue weighted by Crippen LogP contribution is 2.28. The monoisotopic (exact) mass is 364 g/mol. The van der Waals surface area contributed by atoms with E-state index >= 15 is 0 Å². The van der Waals surface area contributed by atoms with Crippen molar-refractivity contribution in [1.29, 1.82) is 0 Å². The molecule has 5 nitrogen and oxygen atoms in total. The lowest BCUT2D eigenvalue weighted by Crippen LogP contribution is -2.43. The number of carbonyl (C=O) groups excluding carboxylic acids is 1. The van der Waals surface area contributed by atoms with Crippen molar-refractivity contribution in [2.45, 2.75) is 51.0 Å². The van der Waals surface area contributed by atoms with Crippen molar-refractivity contribution in [3.05, 3.63) is 29.8 Å². The fourth-order valence-electron chi connectivity index (χ4n) is 2.45. The topological polar surface area (TPSA) is 58.1 Å². The normalized spacial score (nSPS) is 11.1. The zero-order valence-corrected chi connectivity index (χ0v) is 16.4. The predicted octanol–water partition coefficient (Wildman–Crippen LogP) is 4.33. The van der Waals surface area contributed by atoms with Gasteiger partial charge in [0, 0.05) is 17.8 Å². The number of carbonyl (C=O) groups is 1. The summed E-state index contributed by atoms with van der Waals surface area (Å²) in [5, 5.41) is 12.3. The number of amides is 1. The molecule has 130 valence electrons. The van der Waals surface area contributed by atoms with Crippen molar-refractivity contribution in [2.75, 3.05) is 11.1 Å². The molecule has 1 amide bonds. The summed E-state index contributed by atoms with van der Waals surface area (Å²) in [6.45, 7) is 10.2. The Labute approximate surface area is 151 Å². The van der Waals surface area contributed by atoms with Gasteiger partial charge in [0.15, 0.2) is 4.34 Å². The third-order valence-electron chi connectivity index (χ3n) is 3.43. The molecular weight excluding hydrogens is 340 g/mol. The lowest BCUT2D eigenvalue weighted by molar-refractivity contribution is -0.131. The lowest BCUT2D eigenvalue weighted by Gasteiger charge is -2.30.